The van der Waals surface area contributed by atoms with Crippen molar-refractivity contribution in [2.75, 3.05) is 32.1 Å². The summed E-state index contributed by atoms with van der Waals surface area (Å²) in [6.07, 6.45) is 3.22. The molecule has 0 saturated carbocycles. The van der Waals surface area contributed by atoms with Gasteiger partial charge in [0.25, 0.3) is 5.91 Å². The normalized spacial score (nSPS) is 11.4. The van der Waals surface area contributed by atoms with Crippen LogP contribution in [-0.4, -0.2) is 52.9 Å². The number of rotatable bonds is 5. The van der Waals surface area contributed by atoms with Gasteiger partial charge in [-0.3, -0.25) is 19.7 Å². The van der Waals surface area contributed by atoms with Crippen LogP contribution in [0, 0.1) is 5.82 Å². The molecule has 0 aliphatic heterocycles. The van der Waals surface area contributed by atoms with Crippen LogP contribution in [-0.2, 0) is 0 Å². The van der Waals surface area contributed by atoms with Crippen molar-refractivity contribution < 1.29 is 9.18 Å². The molecule has 0 fully saturated rings. The molecule has 2 aromatic heterocycles. The average molecular weight is 395 g/mol. The van der Waals surface area contributed by atoms with E-state index in [0.717, 1.165) is 5.52 Å². The Kier molecular flexibility index (Phi) is 4.97. The largest absolute Gasteiger partial charge is 0.308 e. The van der Waals surface area contributed by atoms with Crippen molar-refractivity contribution in [3.05, 3.63) is 60.2 Å². The number of anilines is 1. The molecule has 28 heavy (non-hydrogen) atoms. The van der Waals surface area contributed by atoms with Crippen LogP contribution in [0.3, 0.4) is 0 Å². The lowest BCUT2D eigenvalue weighted by atomic mass is 10.1. The number of aromatic nitrogens is 3. The Bertz CT molecular complexity index is 1160. The molecule has 4 rings (SSSR count). The SMILES string of the molecule is CN(C)CCN(C(=O)c1ccc2nccnc2c1)c1nc2ccc(F)cc2s1. The van der Waals surface area contributed by atoms with Gasteiger partial charge < -0.3 is 4.90 Å². The van der Waals surface area contributed by atoms with Crippen LogP contribution in [0.25, 0.3) is 21.3 Å². The Morgan fingerprint density at radius 2 is 1.75 bits per heavy atom. The number of hydrogen-bond acceptors (Lipinski definition) is 6. The number of carbonyl (C=O) groups excluding carboxylic acids is 1. The van der Waals surface area contributed by atoms with Gasteiger partial charge in [0, 0.05) is 31.0 Å². The molecule has 0 unspecified atom stereocenters. The van der Waals surface area contributed by atoms with E-state index in [1.807, 2.05) is 19.0 Å². The van der Waals surface area contributed by atoms with E-state index in [-0.39, 0.29) is 11.7 Å². The van der Waals surface area contributed by atoms with Crippen LogP contribution in [0.2, 0.25) is 0 Å². The van der Waals surface area contributed by atoms with E-state index < -0.39 is 0 Å². The number of halogens is 1. The van der Waals surface area contributed by atoms with Crippen molar-refractivity contribution in [2.24, 2.45) is 0 Å². The number of amides is 1. The molecule has 142 valence electrons. The maximum absolute atomic E-state index is 13.6. The molecule has 2 heterocycles. The van der Waals surface area contributed by atoms with Gasteiger partial charge in [0.05, 0.1) is 21.3 Å². The lowest BCUT2D eigenvalue weighted by Crippen LogP contribution is -2.36. The van der Waals surface area contributed by atoms with Crippen molar-refractivity contribution in [3.8, 4) is 0 Å². The summed E-state index contributed by atoms with van der Waals surface area (Å²) < 4.78 is 14.3. The fraction of sp³-hybridized carbons (Fsp3) is 0.200. The van der Waals surface area contributed by atoms with Gasteiger partial charge in [0.1, 0.15) is 5.82 Å². The van der Waals surface area contributed by atoms with Crippen LogP contribution in [0.4, 0.5) is 9.52 Å². The second kappa shape index (κ2) is 7.57. The number of likely N-dealkylation sites (N-methyl/N-ethyl adjacent to an activating group) is 1. The van der Waals surface area contributed by atoms with Gasteiger partial charge >= 0.3 is 0 Å². The number of thiazole rings is 1. The van der Waals surface area contributed by atoms with Crippen molar-refractivity contribution in [3.63, 3.8) is 0 Å². The van der Waals surface area contributed by atoms with Gasteiger partial charge in [-0.15, -0.1) is 0 Å². The van der Waals surface area contributed by atoms with Crippen LogP contribution in [0.15, 0.2) is 48.8 Å². The van der Waals surface area contributed by atoms with Crippen molar-refractivity contribution in [1.29, 1.82) is 0 Å². The zero-order chi connectivity index (χ0) is 19.7. The second-order valence-corrected chi connectivity index (χ2v) is 7.64. The number of carbonyl (C=O) groups is 1. The number of benzene rings is 2. The summed E-state index contributed by atoms with van der Waals surface area (Å²) in [6, 6.07) is 9.71. The highest BCUT2D eigenvalue weighted by atomic mass is 32.1. The van der Waals surface area contributed by atoms with E-state index in [9.17, 15) is 9.18 Å². The zero-order valence-corrected chi connectivity index (χ0v) is 16.3. The zero-order valence-electron chi connectivity index (χ0n) is 15.5. The molecule has 6 nitrogen and oxygen atoms in total. The highest BCUT2D eigenvalue weighted by Crippen LogP contribution is 2.30. The molecule has 4 aromatic rings. The highest BCUT2D eigenvalue weighted by molar-refractivity contribution is 7.22. The predicted octanol–water partition coefficient (Wildman–Crippen LogP) is 3.59. The van der Waals surface area contributed by atoms with Crippen LogP contribution in [0.5, 0.6) is 0 Å². The number of fused-ring (bicyclic) bond motifs is 2. The Morgan fingerprint density at radius 3 is 2.54 bits per heavy atom. The first kappa shape index (κ1) is 18.4. The van der Waals surface area contributed by atoms with E-state index in [1.54, 1.807) is 41.6 Å². The summed E-state index contributed by atoms with van der Waals surface area (Å²) in [6.45, 7) is 1.13. The molecular weight excluding hydrogens is 377 g/mol. The van der Waals surface area contributed by atoms with Gasteiger partial charge in [-0.25, -0.2) is 9.37 Å². The Hall–Kier alpha value is -2.97. The Morgan fingerprint density at radius 1 is 1.00 bits per heavy atom. The smallest absolute Gasteiger partial charge is 0.260 e. The summed E-state index contributed by atoms with van der Waals surface area (Å²) in [7, 11) is 3.89. The molecular formula is C20H18FN5OS. The number of nitrogens with zero attached hydrogens (tertiary/aromatic N) is 5. The molecule has 0 radical (unpaired) electrons. The first-order valence-corrected chi connectivity index (χ1v) is 9.56. The monoisotopic (exact) mass is 395 g/mol. The standard InChI is InChI=1S/C20H18FN5OS/c1-25(2)9-10-26(20-24-16-6-4-14(21)12-18(16)28-20)19(27)13-3-5-15-17(11-13)23-8-7-22-15/h3-8,11-12H,9-10H2,1-2H3. The molecule has 0 aliphatic carbocycles. The minimum Gasteiger partial charge on any atom is -0.308 e. The van der Waals surface area contributed by atoms with E-state index in [4.69, 9.17) is 0 Å². The van der Waals surface area contributed by atoms with Gasteiger partial charge in [0.15, 0.2) is 5.13 Å². The third kappa shape index (κ3) is 3.69. The topological polar surface area (TPSA) is 62.2 Å². The predicted molar refractivity (Wildman–Crippen MR) is 109 cm³/mol. The van der Waals surface area contributed by atoms with Crippen LogP contribution < -0.4 is 4.90 Å². The summed E-state index contributed by atoms with van der Waals surface area (Å²) >= 11 is 1.31. The Labute approximate surface area is 165 Å². The first-order chi connectivity index (χ1) is 13.5. The minimum atomic E-state index is -0.318. The molecule has 0 saturated heterocycles. The Balaban J connectivity index is 1.73. The third-order valence-electron chi connectivity index (χ3n) is 4.30. The van der Waals surface area contributed by atoms with Gasteiger partial charge in [-0.2, -0.15) is 0 Å². The maximum Gasteiger partial charge on any atom is 0.260 e. The lowest BCUT2D eigenvalue weighted by Gasteiger charge is -2.22. The average Bonchev–Trinajstić information content (AvgIpc) is 3.10. The highest BCUT2D eigenvalue weighted by Gasteiger charge is 2.22. The van der Waals surface area contributed by atoms with Crippen LogP contribution in [0.1, 0.15) is 10.4 Å². The van der Waals surface area contributed by atoms with Gasteiger partial charge in [0.2, 0.25) is 0 Å². The molecule has 0 aliphatic rings. The van der Waals surface area contributed by atoms with Crippen LogP contribution >= 0.6 is 11.3 Å². The third-order valence-corrected chi connectivity index (χ3v) is 5.34. The second-order valence-electron chi connectivity index (χ2n) is 6.63. The van der Waals surface area contributed by atoms with Crippen molar-refractivity contribution >= 4 is 43.6 Å². The van der Waals surface area contributed by atoms with E-state index >= 15 is 0 Å². The fourth-order valence-electron chi connectivity index (χ4n) is 2.84. The van der Waals surface area contributed by atoms with E-state index in [0.29, 0.717) is 39.5 Å². The first-order valence-electron chi connectivity index (χ1n) is 8.75. The lowest BCUT2D eigenvalue weighted by molar-refractivity contribution is 0.0985. The van der Waals surface area contributed by atoms with Crippen molar-refractivity contribution in [2.45, 2.75) is 0 Å². The summed E-state index contributed by atoms with van der Waals surface area (Å²) in [4.78, 5) is 30.0. The molecule has 8 heteroatoms. The van der Waals surface area contributed by atoms with E-state index in [2.05, 4.69) is 15.0 Å². The van der Waals surface area contributed by atoms with Gasteiger partial charge in [-0.05, 0) is 50.5 Å². The van der Waals surface area contributed by atoms with E-state index in [1.165, 1.54) is 23.5 Å². The molecule has 0 N–H and O–H groups in total. The minimum absolute atomic E-state index is 0.172. The van der Waals surface area contributed by atoms with Crippen molar-refractivity contribution in [1.82, 2.24) is 19.9 Å². The summed E-state index contributed by atoms with van der Waals surface area (Å²) in [5.74, 6) is -0.490. The fourth-order valence-corrected chi connectivity index (χ4v) is 3.85. The summed E-state index contributed by atoms with van der Waals surface area (Å²) in [5, 5.41) is 0.548. The molecule has 0 spiro atoms. The number of hydrogen-bond donors (Lipinski definition) is 0. The summed E-state index contributed by atoms with van der Waals surface area (Å²) in [5.41, 5.74) is 2.58. The quantitative estimate of drug-likeness (QED) is 0.517. The molecule has 0 bridgehead atoms. The van der Waals surface area contributed by atoms with Gasteiger partial charge in [-0.1, -0.05) is 11.3 Å². The molecule has 1 amide bonds. The molecule has 2 aromatic carbocycles. The molecule has 0 atom stereocenters. The maximum atomic E-state index is 13.6.